The minimum Gasteiger partial charge on any atom is -0.457 e. The lowest BCUT2D eigenvalue weighted by Gasteiger charge is -2.16. The summed E-state index contributed by atoms with van der Waals surface area (Å²) in [6.45, 7) is 2.93. The monoisotopic (exact) mass is 255 g/mol. The van der Waals surface area contributed by atoms with Crippen molar-refractivity contribution in [3.63, 3.8) is 0 Å². The summed E-state index contributed by atoms with van der Waals surface area (Å²) >= 11 is 1.64. The van der Waals surface area contributed by atoms with E-state index in [9.17, 15) is 4.79 Å². The summed E-state index contributed by atoms with van der Waals surface area (Å²) in [5.41, 5.74) is 0. The molecule has 96 valence electrons. The summed E-state index contributed by atoms with van der Waals surface area (Å²) in [7, 11) is 1.91. The molecule has 1 heterocycles. The van der Waals surface area contributed by atoms with Gasteiger partial charge in [0.15, 0.2) is 0 Å². The van der Waals surface area contributed by atoms with Crippen LogP contribution in [0.2, 0.25) is 0 Å². The van der Waals surface area contributed by atoms with Crippen molar-refractivity contribution in [2.45, 2.75) is 38.7 Å². The Labute approximate surface area is 107 Å². The molecule has 0 radical (unpaired) electrons. The molecule has 4 heteroatoms. The fourth-order valence-electron chi connectivity index (χ4n) is 1.55. The molecular weight excluding hydrogens is 234 g/mol. The van der Waals surface area contributed by atoms with Crippen LogP contribution in [0.3, 0.4) is 0 Å². The van der Waals surface area contributed by atoms with E-state index in [0.29, 0.717) is 6.42 Å². The van der Waals surface area contributed by atoms with Gasteiger partial charge in [0.2, 0.25) is 0 Å². The zero-order chi connectivity index (χ0) is 12.5. The number of esters is 1. The Kier molecular flexibility index (Phi) is 6.89. The van der Waals surface area contributed by atoms with E-state index >= 15 is 0 Å². The number of unbranched alkanes of at least 4 members (excludes halogenated alkanes) is 1. The Balaban J connectivity index is 2.49. The molecule has 1 N–H and O–H groups in total. The number of nitrogens with one attached hydrogen (secondary N) is 1. The maximum Gasteiger partial charge on any atom is 0.306 e. The van der Waals surface area contributed by atoms with E-state index in [1.54, 1.807) is 11.3 Å². The summed E-state index contributed by atoms with van der Waals surface area (Å²) in [4.78, 5) is 12.8. The average molecular weight is 255 g/mol. The van der Waals surface area contributed by atoms with Gasteiger partial charge < -0.3 is 10.1 Å². The van der Waals surface area contributed by atoms with Gasteiger partial charge in [0.05, 0.1) is 0 Å². The highest BCUT2D eigenvalue weighted by Crippen LogP contribution is 2.26. The molecule has 0 bridgehead atoms. The molecule has 1 aromatic rings. The van der Waals surface area contributed by atoms with Crippen LogP contribution in [0.4, 0.5) is 0 Å². The van der Waals surface area contributed by atoms with Crippen molar-refractivity contribution in [2.24, 2.45) is 0 Å². The number of hydrogen-bond acceptors (Lipinski definition) is 4. The molecule has 0 saturated heterocycles. The van der Waals surface area contributed by atoms with Crippen LogP contribution >= 0.6 is 11.3 Å². The molecule has 0 saturated carbocycles. The Morgan fingerprint density at radius 1 is 1.59 bits per heavy atom. The van der Waals surface area contributed by atoms with Gasteiger partial charge >= 0.3 is 5.97 Å². The lowest BCUT2D eigenvalue weighted by molar-refractivity contribution is -0.149. The number of hydrogen-bond donors (Lipinski definition) is 1. The van der Waals surface area contributed by atoms with Gasteiger partial charge in [-0.25, -0.2) is 0 Å². The largest absolute Gasteiger partial charge is 0.457 e. The topological polar surface area (TPSA) is 38.3 Å². The highest BCUT2D eigenvalue weighted by Gasteiger charge is 2.16. The van der Waals surface area contributed by atoms with E-state index in [2.05, 4.69) is 12.2 Å². The lowest BCUT2D eigenvalue weighted by Crippen LogP contribution is -2.16. The minimum absolute atomic E-state index is 0.0821. The lowest BCUT2D eigenvalue weighted by atomic mass is 10.2. The van der Waals surface area contributed by atoms with Crippen molar-refractivity contribution in [1.29, 1.82) is 0 Å². The third-order valence-corrected chi connectivity index (χ3v) is 3.49. The Morgan fingerprint density at radius 3 is 3.00 bits per heavy atom. The van der Waals surface area contributed by atoms with E-state index in [1.807, 2.05) is 24.6 Å². The number of carbonyl (C=O) groups excluding carboxylic acids is 1. The number of thiophene rings is 1. The van der Waals surface area contributed by atoms with Crippen molar-refractivity contribution < 1.29 is 9.53 Å². The number of ether oxygens (including phenoxy) is 1. The van der Waals surface area contributed by atoms with Crippen LogP contribution in [0, 0.1) is 0 Å². The molecule has 1 aromatic heterocycles. The quantitative estimate of drug-likeness (QED) is 0.725. The normalized spacial score (nSPS) is 12.4. The molecule has 17 heavy (non-hydrogen) atoms. The van der Waals surface area contributed by atoms with Crippen molar-refractivity contribution in [1.82, 2.24) is 5.32 Å². The van der Waals surface area contributed by atoms with E-state index in [1.165, 1.54) is 0 Å². The molecule has 0 aliphatic carbocycles. The SMILES string of the molecule is CCCCC(=O)O[C@@H](CCNC)c1cccs1. The van der Waals surface area contributed by atoms with Crippen LogP contribution in [0.25, 0.3) is 0 Å². The molecule has 0 aliphatic heterocycles. The highest BCUT2D eigenvalue weighted by atomic mass is 32.1. The van der Waals surface area contributed by atoms with E-state index in [-0.39, 0.29) is 12.1 Å². The zero-order valence-corrected chi connectivity index (χ0v) is 11.4. The summed E-state index contributed by atoms with van der Waals surface area (Å²) in [5, 5.41) is 5.11. The fourth-order valence-corrected chi connectivity index (χ4v) is 2.34. The van der Waals surface area contributed by atoms with E-state index < -0.39 is 0 Å². The van der Waals surface area contributed by atoms with Crippen molar-refractivity contribution in [3.05, 3.63) is 22.4 Å². The molecule has 3 nitrogen and oxygen atoms in total. The molecule has 0 fully saturated rings. The second-order valence-corrected chi connectivity index (χ2v) is 4.97. The van der Waals surface area contributed by atoms with Crippen LogP contribution in [-0.4, -0.2) is 19.6 Å². The van der Waals surface area contributed by atoms with Crippen molar-refractivity contribution in [2.75, 3.05) is 13.6 Å². The van der Waals surface area contributed by atoms with Gasteiger partial charge in [-0.15, -0.1) is 11.3 Å². The summed E-state index contributed by atoms with van der Waals surface area (Å²) in [6.07, 6.45) is 3.19. The van der Waals surface area contributed by atoms with Gasteiger partial charge in [-0.2, -0.15) is 0 Å². The Morgan fingerprint density at radius 2 is 2.41 bits per heavy atom. The second kappa shape index (κ2) is 8.25. The molecule has 1 rings (SSSR count). The maximum atomic E-state index is 11.6. The first-order chi connectivity index (χ1) is 8.27. The zero-order valence-electron chi connectivity index (χ0n) is 10.6. The molecule has 0 spiro atoms. The van der Waals surface area contributed by atoms with Crippen molar-refractivity contribution in [3.8, 4) is 0 Å². The molecular formula is C13H21NO2S. The highest BCUT2D eigenvalue weighted by molar-refractivity contribution is 7.10. The average Bonchev–Trinajstić information content (AvgIpc) is 2.85. The van der Waals surface area contributed by atoms with E-state index in [4.69, 9.17) is 4.74 Å². The first kappa shape index (κ1) is 14.2. The summed E-state index contributed by atoms with van der Waals surface area (Å²) in [5.74, 6) is -0.0821. The predicted molar refractivity (Wildman–Crippen MR) is 71.2 cm³/mol. The predicted octanol–water partition coefficient (Wildman–Crippen LogP) is 3.13. The first-order valence-electron chi connectivity index (χ1n) is 6.15. The van der Waals surface area contributed by atoms with Crippen molar-refractivity contribution >= 4 is 17.3 Å². The molecule has 0 amide bonds. The van der Waals surface area contributed by atoms with Crippen LogP contribution in [0.5, 0.6) is 0 Å². The van der Waals surface area contributed by atoms with Gasteiger partial charge in [0.1, 0.15) is 6.10 Å². The van der Waals surface area contributed by atoms with Crippen LogP contribution in [0.1, 0.15) is 43.6 Å². The van der Waals surface area contributed by atoms with Crippen LogP contribution in [-0.2, 0) is 9.53 Å². The molecule has 0 aliphatic rings. The van der Waals surface area contributed by atoms with Gasteiger partial charge in [0.25, 0.3) is 0 Å². The second-order valence-electron chi connectivity index (χ2n) is 3.99. The minimum atomic E-state index is -0.0909. The summed E-state index contributed by atoms with van der Waals surface area (Å²) < 4.78 is 5.53. The van der Waals surface area contributed by atoms with Gasteiger partial charge in [0, 0.05) is 17.7 Å². The Bertz CT molecular complexity index is 311. The van der Waals surface area contributed by atoms with Crippen LogP contribution in [0.15, 0.2) is 17.5 Å². The molecule has 0 aromatic carbocycles. The fraction of sp³-hybridized carbons (Fsp3) is 0.615. The third-order valence-electron chi connectivity index (χ3n) is 2.53. The Hall–Kier alpha value is -0.870. The van der Waals surface area contributed by atoms with Gasteiger partial charge in [-0.05, 0) is 31.5 Å². The number of rotatable bonds is 8. The van der Waals surface area contributed by atoms with E-state index in [0.717, 1.165) is 30.7 Å². The smallest absolute Gasteiger partial charge is 0.306 e. The molecule has 1 atom stereocenters. The van der Waals surface area contributed by atoms with Crippen LogP contribution < -0.4 is 5.32 Å². The maximum absolute atomic E-state index is 11.6. The standard InChI is InChI=1S/C13H21NO2S/c1-3-4-7-13(15)16-11(8-9-14-2)12-6-5-10-17-12/h5-6,10-11,14H,3-4,7-9H2,1-2H3/t11-/m0/s1. The summed E-state index contributed by atoms with van der Waals surface area (Å²) in [6, 6.07) is 4.02. The van der Waals surface area contributed by atoms with Gasteiger partial charge in [-0.1, -0.05) is 19.4 Å². The molecule has 0 unspecified atom stereocenters. The number of carbonyl (C=O) groups is 1. The first-order valence-corrected chi connectivity index (χ1v) is 7.03. The van der Waals surface area contributed by atoms with Gasteiger partial charge in [-0.3, -0.25) is 4.79 Å². The third kappa shape index (κ3) is 5.33.